The molecule has 0 radical (unpaired) electrons. The highest BCUT2D eigenvalue weighted by molar-refractivity contribution is 7.89. The Morgan fingerprint density at radius 1 is 1.50 bits per heavy atom. The summed E-state index contributed by atoms with van der Waals surface area (Å²) >= 11 is 0. The van der Waals surface area contributed by atoms with Crippen LogP contribution >= 0.6 is 0 Å². The van der Waals surface area contributed by atoms with Crippen molar-refractivity contribution in [3.05, 3.63) is 33.6 Å². The van der Waals surface area contributed by atoms with Crippen LogP contribution in [-0.4, -0.2) is 25.3 Å². The van der Waals surface area contributed by atoms with Crippen LogP contribution in [0.5, 0.6) is 0 Å². The Hall–Kier alpha value is -2.07. The van der Waals surface area contributed by atoms with Crippen LogP contribution in [0.25, 0.3) is 0 Å². The highest BCUT2D eigenvalue weighted by atomic mass is 32.2. The van der Waals surface area contributed by atoms with Gasteiger partial charge in [-0.3, -0.25) is 14.9 Å². The molecule has 0 aliphatic rings. The van der Waals surface area contributed by atoms with Crippen molar-refractivity contribution in [2.24, 2.45) is 5.73 Å². The molecule has 8 nitrogen and oxygen atoms in total. The lowest BCUT2D eigenvalue weighted by molar-refractivity contribution is -0.387. The average Bonchev–Trinajstić information content (AvgIpc) is 2.26. The minimum absolute atomic E-state index is 0.0303. The van der Waals surface area contributed by atoms with Gasteiger partial charge in [-0.1, -0.05) is 0 Å². The van der Waals surface area contributed by atoms with Gasteiger partial charge in [0.25, 0.3) is 0 Å². The second-order valence-corrected chi connectivity index (χ2v) is 5.75. The topological polar surface area (TPSA) is 132 Å². The lowest BCUT2D eigenvalue weighted by Crippen LogP contribution is -2.42. The van der Waals surface area contributed by atoms with Crippen LogP contribution in [0.1, 0.15) is 12.5 Å². The van der Waals surface area contributed by atoms with Crippen molar-refractivity contribution < 1.29 is 22.5 Å². The van der Waals surface area contributed by atoms with Crippen molar-refractivity contribution in [1.29, 1.82) is 0 Å². The van der Waals surface area contributed by atoms with Crippen LogP contribution in [0, 0.1) is 22.9 Å². The third kappa shape index (κ3) is 3.27. The number of sulfonamides is 1. The summed E-state index contributed by atoms with van der Waals surface area (Å²) < 4.78 is 39.3. The van der Waals surface area contributed by atoms with Gasteiger partial charge in [-0.2, -0.15) is 9.11 Å². The molecule has 20 heavy (non-hydrogen) atoms. The summed E-state index contributed by atoms with van der Waals surface area (Å²) in [5.41, 5.74) is 3.93. The second kappa shape index (κ2) is 5.51. The largest absolute Gasteiger partial charge is 0.368 e. The van der Waals surface area contributed by atoms with E-state index >= 15 is 0 Å². The molecule has 1 amide bonds. The number of hydrogen-bond donors (Lipinski definition) is 2. The van der Waals surface area contributed by atoms with E-state index in [0.717, 1.165) is 6.07 Å². The molecule has 0 heterocycles. The molecule has 1 rings (SSSR count). The van der Waals surface area contributed by atoms with Gasteiger partial charge in [0.05, 0.1) is 15.9 Å². The van der Waals surface area contributed by atoms with Gasteiger partial charge in [-0.25, -0.2) is 8.42 Å². The van der Waals surface area contributed by atoms with Gasteiger partial charge < -0.3 is 5.73 Å². The van der Waals surface area contributed by atoms with Gasteiger partial charge in [-0.15, -0.1) is 0 Å². The quantitative estimate of drug-likeness (QED) is 0.592. The van der Waals surface area contributed by atoms with Crippen molar-refractivity contribution in [2.45, 2.75) is 24.8 Å². The van der Waals surface area contributed by atoms with Crippen molar-refractivity contribution in [1.82, 2.24) is 4.72 Å². The molecule has 0 spiro atoms. The number of carbonyl (C=O) groups excluding carboxylic acids is 1. The summed E-state index contributed by atoms with van der Waals surface area (Å²) in [7, 11) is -4.23. The zero-order chi connectivity index (χ0) is 15.7. The Kier molecular flexibility index (Phi) is 4.40. The molecule has 1 aromatic carbocycles. The predicted molar refractivity (Wildman–Crippen MR) is 66.8 cm³/mol. The molecular formula is C10H12FN3O5S. The number of nitrogens with one attached hydrogen (secondary N) is 1. The Morgan fingerprint density at radius 2 is 2.05 bits per heavy atom. The maximum atomic E-state index is 13.3. The van der Waals surface area contributed by atoms with Gasteiger partial charge in [-0.05, 0) is 25.5 Å². The van der Waals surface area contributed by atoms with E-state index in [4.69, 9.17) is 5.73 Å². The van der Waals surface area contributed by atoms with Crippen LogP contribution in [0.4, 0.5) is 10.1 Å². The highest BCUT2D eigenvalue weighted by Crippen LogP contribution is 2.25. The van der Waals surface area contributed by atoms with Gasteiger partial charge >= 0.3 is 5.69 Å². The first-order valence-corrected chi connectivity index (χ1v) is 6.80. The van der Waals surface area contributed by atoms with E-state index < -0.39 is 43.3 Å². The van der Waals surface area contributed by atoms with E-state index in [2.05, 4.69) is 0 Å². The average molecular weight is 305 g/mol. The van der Waals surface area contributed by atoms with Gasteiger partial charge in [0, 0.05) is 6.07 Å². The van der Waals surface area contributed by atoms with Crippen molar-refractivity contribution >= 4 is 21.6 Å². The second-order valence-electron chi connectivity index (χ2n) is 4.07. The van der Waals surface area contributed by atoms with Gasteiger partial charge in [0.2, 0.25) is 21.7 Å². The van der Waals surface area contributed by atoms with Crippen molar-refractivity contribution in [3.8, 4) is 0 Å². The SMILES string of the molecule is Cc1cc(F)c([N+](=O)[O-])cc1S(=O)(=O)NC(C)C(N)=O. The van der Waals surface area contributed by atoms with E-state index in [1.165, 1.54) is 13.8 Å². The Bertz CT molecular complexity index is 674. The van der Waals surface area contributed by atoms with E-state index in [-0.39, 0.29) is 5.56 Å². The monoisotopic (exact) mass is 305 g/mol. The van der Waals surface area contributed by atoms with Gasteiger partial charge in [0.15, 0.2) is 0 Å². The molecule has 0 fully saturated rings. The fraction of sp³-hybridized carbons (Fsp3) is 0.300. The molecule has 0 aliphatic carbocycles. The normalized spacial score (nSPS) is 12.9. The first kappa shape index (κ1) is 16.0. The van der Waals surface area contributed by atoms with E-state index in [9.17, 15) is 27.7 Å². The molecule has 0 saturated heterocycles. The van der Waals surface area contributed by atoms with E-state index in [1.807, 2.05) is 4.72 Å². The zero-order valence-electron chi connectivity index (χ0n) is 10.6. The smallest absolute Gasteiger partial charge is 0.306 e. The molecule has 1 unspecified atom stereocenters. The number of aryl methyl sites for hydroxylation is 1. The number of nitro groups is 1. The van der Waals surface area contributed by atoms with Crippen LogP contribution in [0.15, 0.2) is 17.0 Å². The number of nitrogens with two attached hydrogens (primary N) is 1. The number of nitro benzene ring substituents is 1. The minimum Gasteiger partial charge on any atom is -0.368 e. The summed E-state index contributed by atoms with van der Waals surface area (Å²) in [5, 5.41) is 10.6. The Morgan fingerprint density at radius 3 is 2.50 bits per heavy atom. The summed E-state index contributed by atoms with van der Waals surface area (Å²) in [5.74, 6) is -2.06. The third-order valence-electron chi connectivity index (χ3n) is 2.49. The molecule has 0 aromatic heterocycles. The highest BCUT2D eigenvalue weighted by Gasteiger charge is 2.26. The Labute approximate surface area is 114 Å². The lowest BCUT2D eigenvalue weighted by Gasteiger charge is -2.12. The van der Waals surface area contributed by atoms with E-state index in [1.54, 1.807) is 0 Å². The first-order chi connectivity index (χ1) is 9.06. The summed E-state index contributed by atoms with van der Waals surface area (Å²) in [4.78, 5) is 19.9. The molecule has 110 valence electrons. The molecule has 0 bridgehead atoms. The summed E-state index contributed by atoms with van der Waals surface area (Å²) in [6.45, 7) is 2.49. The number of primary amides is 1. The number of carbonyl (C=O) groups is 1. The molecular weight excluding hydrogens is 293 g/mol. The summed E-state index contributed by atoms with van der Waals surface area (Å²) in [6.07, 6.45) is 0. The molecule has 0 saturated carbocycles. The number of hydrogen-bond acceptors (Lipinski definition) is 5. The van der Waals surface area contributed by atoms with E-state index in [0.29, 0.717) is 6.07 Å². The van der Waals surface area contributed by atoms with Crippen LogP contribution in [0.3, 0.4) is 0 Å². The number of amides is 1. The first-order valence-electron chi connectivity index (χ1n) is 5.32. The molecule has 1 atom stereocenters. The number of rotatable bonds is 5. The molecule has 1 aromatic rings. The molecule has 0 aliphatic heterocycles. The van der Waals surface area contributed by atoms with Gasteiger partial charge in [0.1, 0.15) is 0 Å². The maximum absolute atomic E-state index is 13.3. The molecule has 10 heteroatoms. The van der Waals surface area contributed by atoms with Crippen LogP contribution < -0.4 is 10.5 Å². The zero-order valence-corrected chi connectivity index (χ0v) is 11.4. The fourth-order valence-corrected chi connectivity index (χ4v) is 2.88. The van der Waals surface area contributed by atoms with Crippen molar-refractivity contribution in [3.63, 3.8) is 0 Å². The maximum Gasteiger partial charge on any atom is 0.306 e. The predicted octanol–water partition coefficient (Wildman–Crippen LogP) is 0.194. The molecule has 3 N–H and O–H groups in total. The number of benzene rings is 1. The van der Waals surface area contributed by atoms with Crippen molar-refractivity contribution in [2.75, 3.05) is 0 Å². The standard InChI is InChI=1S/C10H12FN3O5S/c1-5-3-7(11)8(14(16)17)4-9(5)20(18,19)13-6(2)10(12)15/h3-4,6,13H,1-2H3,(H2,12,15). The number of halogens is 1. The Balaban J connectivity index is 3.35. The van der Waals surface area contributed by atoms with Crippen LogP contribution in [0.2, 0.25) is 0 Å². The minimum atomic E-state index is -4.23. The fourth-order valence-electron chi connectivity index (χ4n) is 1.43. The van der Waals surface area contributed by atoms with Crippen LogP contribution in [-0.2, 0) is 14.8 Å². The third-order valence-corrected chi connectivity index (χ3v) is 4.17. The number of nitrogens with zero attached hydrogens (tertiary/aromatic N) is 1. The summed E-state index contributed by atoms with van der Waals surface area (Å²) in [6, 6.07) is 0.131. The lowest BCUT2D eigenvalue weighted by atomic mass is 10.2.